The summed E-state index contributed by atoms with van der Waals surface area (Å²) in [5, 5.41) is 0. The highest BCUT2D eigenvalue weighted by atomic mass is 79.9. The number of hydrogen-bond donors (Lipinski definition) is 0. The molecule has 0 spiro atoms. The lowest BCUT2D eigenvalue weighted by Crippen LogP contribution is -2.34. The highest BCUT2D eigenvalue weighted by molar-refractivity contribution is 9.10. The Hall–Kier alpha value is -0.880. The van der Waals surface area contributed by atoms with Crippen LogP contribution in [-0.4, -0.2) is 5.92 Å². The monoisotopic (exact) mass is 270 g/mol. The van der Waals surface area contributed by atoms with Crippen LogP contribution in [0.25, 0.3) is 0 Å². The predicted molar refractivity (Wildman–Crippen MR) is 58.7 cm³/mol. The Balaban J connectivity index is 2.01. The molecule has 2 rings (SSSR count). The first-order valence-corrected chi connectivity index (χ1v) is 5.49. The zero-order valence-electron chi connectivity index (χ0n) is 7.93. The van der Waals surface area contributed by atoms with Gasteiger partial charge in [-0.1, -0.05) is 33.8 Å². The highest BCUT2D eigenvalue weighted by Gasteiger charge is 2.44. The average molecular weight is 271 g/mol. The van der Waals surface area contributed by atoms with E-state index in [4.69, 9.17) is 0 Å². The zero-order valence-corrected chi connectivity index (χ0v) is 9.52. The third-order valence-electron chi connectivity index (χ3n) is 2.34. The molecule has 1 aromatic rings. The van der Waals surface area contributed by atoms with Crippen molar-refractivity contribution in [1.82, 2.24) is 0 Å². The molecule has 0 radical (unpaired) electrons. The van der Waals surface area contributed by atoms with Gasteiger partial charge in [0.05, 0.1) is 0 Å². The van der Waals surface area contributed by atoms with E-state index in [9.17, 15) is 8.78 Å². The van der Waals surface area contributed by atoms with E-state index in [1.54, 1.807) is 0 Å². The fourth-order valence-corrected chi connectivity index (χ4v) is 1.91. The summed E-state index contributed by atoms with van der Waals surface area (Å²) in [4.78, 5) is 0. The molecule has 0 aromatic heterocycles. The molecule has 1 aromatic carbocycles. The van der Waals surface area contributed by atoms with Gasteiger partial charge >= 0.3 is 0 Å². The highest BCUT2D eigenvalue weighted by Crippen LogP contribution is 2.41. The van der Waals surface area contributed by atoms with Crippen molar-refractivity contribution in [2.75, 3.05) is 0 Å². The van der Waals surface area contributed by atoms with Gasteiger partial charge in [-0.25, -0.2) is 8.78 Å². The van der Waals surface area contributed by atoms with Crippen molar-refractivity contribution in [2.45, 2.75) is 18.8 Å². The number of hydrogen-bond acceptors (Lipinski definition) is 0. The number of benzene rings is 1. The number of halogens is 3. The van der Waals surface area contributed by atoms with Gasteiger partial charge in [-0.2, -0.15) is 0 Å². The molecule has 1 saturated carbocycles. The quantitative estimate of drug-likeness (QED) is 0.629. The minimum atomic E-state index is -2.48. The second-order valence-corrected chi connectivity index (χ2v) is 4.66. The second kappa shape index (κ2) is 3.94. The van der Waals surface area contributed by atoms with Crippen molar-refractivity contribution in [2.24, 2.45) is 5.92 Å². The molecule has 3 heteroatoms. The average Bonchev–Trinajstić information content (AvgIpc) is 2.11. The molecule has 1 aliphatic carbocycles. The molecule has 0 amide bonds. The first-order valence-electron chi connectivity index (χ1n) is 4.70. The summed E-state index contributed by atoms with van der Waals surface area (Å²) in [7, 11) is 0. The first kappa shape index (κ1) is 10.6. The fraction of sp³-hybridized carbons (Fsp3) is 0.333. The van der Waals surface area contributed by atoms with Crippen LogP contribution in [0.5, 0.6) is 0 Å². The van der Waals surface area contributed by atoms with E-state index in [-0.39, 0.29) is 18.8 Å². The lowest BCUT2D eigenvalue weighted by atomic mass is 9.82. The molecule has 0 saturated heterocycles. The van der Waals surface area contributed by atoms with E-state index in [2.05, 4.69) is 27.8 Å². The summed E-state index contributed by atoms with van der Waals surface area (Å²) in [5.41, 5.74) is 0.861. The van der Waals surface area contributed by atoms with Gasteiger partial charge in [0, 0.05) is 28.8 Å². The van der Waals surface area contributed by atoms with Crippen molar-refractivity contribution in [3.63, 3.8) is 0 Å². The van der Waals surface area contributed by atoms with Crippen LogP contribution in [-0.2, 0) is 0 Å². The minimum Gasteiger partial charge on any atom is -0.207 e. The molecule has 0 N–H and O–H groups in total. The maximum atomic E-state index is 12.5. The van der Waals surface area contributed by atoms with Gasteiger partial charge in [0.25, 0.3) is 5.92 Å². The second-order valence-electron chi connectivity index (χ2n) is 3.74. The van der Waals surface area contributed by atoms with Crippen molar-refractivity contribution < 1.29 is 8.78 Å². The molecule has 1 aliphatic rings. The lowest BCUT2D eigenvalue weighted by Gasteiger charge is -2.31. The molecular formula is C12H9BrF2. The molecule has 0 nitrogen and oxygen atoms in total. The molecule has 0 atom stereocenters. The topological polar surface area (TPSA) is 0 Å². The van der Waals surface area contributed by atoms with Gasteiger partial charge in [-0.3, -0.25) is 0 Å². The largest absolute Gasteiger partial charge is 0.250 e. The number of alkyl halides is 2. The third-order valence-corrected chi connectivity index (χ3v) is 2.83. The number of rotatable bonds is 0. The Bertz CT molecular complexity index is 421. The molecule has 0 bridgehead atoms. The molecule has 1 fully saturated rings. The van der Waals surface area contributed by atoms with Crippen LogP contribution < -0.4 is 0 Å². The van der Waals surface area contributed by atoms with Crippen LogP contribution in [0.3, 0.4) is 0 Å². The van der Waals surface area contributed by atoms with Gasteiger partial charge in [-0.05, 0) is 18.2 Å². The van der Waals surface area contributed by atoms with E-state index in [1.807, 2.05) is 24.3 Å². The van der Waals surface area contributed by atoms with Crippen LogP contribution in [0.1, 0.15) is 18.4 Å². The molecule has 0 heterocycles. The standard InChI is InChI=1S/C12H9BrF2/c13-11-3-1-2-9(6-11)4-5-10-7-12(14,15)8-10/h1-3,6,10H,7-8H2. The first-order chi connectivity index (χ1) is 7.05. The molecule has 0 unspecified atom stereocenters. The minimum absolute atomic E-state index is 0.0893. The van der Waals surface area contributed by atoms with E-state index in [0.29, 0.717) is 0 Å². The smallest absolute Gasteiger partial charge is 0.207 e. The van der Waals surface area contributed by atoms with E-state index in [1.165, 1.54) is 0 Å². The predicted octanol–water partition coefficient (Wildman–Crippen LogP) is 3.85. The Morgan fingerprint density at radius 3 is 2.67 bits per heavy atom. The molecule has 15 heavy (non-hydrogen) atoms. The summed E-state index contributed by atoms with van der Waals surface area (Å²) in [5.74, 6) is 3.16. The maximum absolute atomic E-state index is 12.5. The van der Waals surface area contributed by atoms with E-state index < -0.39 is 5.92 Å². The van der Waals surface area contributed by atoms with Crippen molar-refractivity contribution in [3.8, 4) is 11.8 Å². The van der Waals surface area contributed by atoms with Crippen LogP contribution in [0.15, 0.2) is 28.7 Å². The van der Waals surface area contributed by atoms with Crippen LogP contribution in [0.4, 0.5) is 8.78 Å². The van der Waals surface area contributed by atoms with Crippen molar-refractivity contribution in [3.05, 3.63) is 34.3 Å². The maximum Gasteiger partial charge on any atom is 0.250 e. The molecular weight excluding hydrogens is 262 g/mol. The van der Waals surface area contributed by atoms with Crippen molar-refractivity contribution in [1.29, 1.82) is 0 Å². The summed E-state index contributed by atoms with van der Waals surface area (Å²) in [6.07, 6.45) is -0.179. The Morgan fingerprint density at radius 1 is 1.33 bits per heavy atom. The van der Waals surface area contributed by atoms with Gasteiger partial charge in [0.1, 0.15) is 0 Å². The van der Waals surface area contributed by atoms with Crippen LogP contribution in [0, 0.1) is 17.8 Å². The SMILES string of the molecule is FC1(F)CC(C#Cc2cccc(Br)c2)C1. The van der Waals surface area contributed by atoms with E-state index >= 15 is 0 Å². The Kier molecular flexibility index (Phi) is 2.79. The van der Waals surface area contributed by atoms with Gasteiger partial charge in [0.15, 0.2) is 0 Å². The lowest BCUT2D eigenvalue weighted by molar-refractivity contribution is -0.0936. The van der Waals surface area contributed by atoms with Crippen LogP contribution in [0.2, 0.25) is 0 Å². The fourth-order valence-electron chi connectivity index (χ4n) is 1.51. The Labute approximate surface area is 95.8 Å². The van der Waals surface area contributed by atoms with Crippen LogP contribution >= 0.6 is 15.9 Å². The normalized spacial score (nSPS) is 18.9. The van der Waals surface area contributed by atoms with Crippen molar-refractivity contribution >= 4 is 15.9 Å². The third kappa shape index (κ3) is 2.79. The van der Waals surface area contributed by atoms with Gasteiger partial charge < -0.3 is 0 Å². The van der Waals surface area contributed by atoms with E-state index in [0.717, 1.165) is 10.0 Å². The summed E-state index contributed by atoms with van der Waals surface area (Å²) in [6.45, 7) is 0. The molecule has 78 valence electrons. The van der Waals surface area contributed by atoms with Gasteiger partial charge in [0.2, 0.25) is 0 Å². The Morgan fingerprint density at radius 2 is 2.07 bits per heavy atom. The molecule has 0 aliphatic heterocycles. The summed E-state index contributed by atoms with van der Waals surface area (Å²) in [6, 6.07) is 7.53. The van der Waals surface area contributed by atoms with Gasteiger partial charge in [-0.15, -0.1) is 0 Å². The zero-order chi connectivity index (χ0) is 10.9. The summed E-state index contributed by atoms with van der Waals surface area (Å²) >= 11 is 3.33. The summed E-state index contributed by atoms with van der Waals surface area (Å²) < 4.78 is 26.0.